The summed E-state index contributed by atoms with van der Waals surface area (Å²) in [6.07, 6.45) is -3.34. The summed E-state index contributed by atoms with van der Waals surface area (Å²) >= 11 is 0. The van der Waals surface area contributed by atoms with E-state index in [2.05, 4.69) is 52.0 Å². The number of rotatable bonds is 10. The number of nitrogens with zero attached hydrogens (tertiary/aromatic N) is 2. The highest BCUT2D eigenvalue weighted by Crippen LogP contribution is 2.37. The summed E-state index contributed by atoms with van der Waals surface area (Å²) < 4.78 is 31.3. The number of aliphatic hydroxyl groups is 1. The highest BCUT2D eigenvalue weighted by molar-refractivity contribution is 6.00. The molecule has 3 heterocycles. The number of methoxy groups -OCH3 is 1. The van der Waals surface area contributed by atoms with Crippen LogP contribution in [0, 0.1) is 17.8 Å². The molecular weight excluding hydrogens is 694 g/mol. The molecule has 306 valence electrons. The van der Waals surface area contributed by atoms with Gasteiger partial charge in [-0.3, -0.25) is 9.59 Å². The molecule has 54 heavy (non-hydrogen) atoms. The molecule has 1 amide bonds. The molecule has 3 saturated heterocycles. The van der Waals surface area contributed by atoms with Crippen LogP contribution in [0.5, 0.6) is 0 Å². The molecule has 0 saturated carbocycles. The Hall–Kier alpha value is -2.85. The van der Waals surface area contributed by atoms with E-state index in [4.69, 9.17) is 23.7 Å². The van der Waals surface area contributed by atoms with Gasteiger partial charge in [0.05, 0.1) is 23.9 Å². The monoisotopic (exact) mass is 761 g/mol. The molecule has 3 aliphatic heterocycles. The van der Waals surface area contributed by atoms with Gasteiger partial charge in [0.15, 0.2) is 17.7 Å². The minimum atomic E-state index is -1.17. The van der Waals surface area contributed by atoms with Gasteiger partial charge in [-0.25, -0.2) is 4.79 Å². The zero-order valence-electron chi connectivity index (χ0n) is 34.5. The molecule has 13 atom stereocenters. The van der Waals surface area contributed by atoms with Crippen LogP contribution in [0.15, 0.2) is 24.3 Å². The molecule has 1 aromatic rings. The number of likely N-dealkylation sites (N-methyl/N-ethyl adjacent to an activating group) is 1. The Labute approximate surface area is 322 Å². The van der Waals surface area contributed by atoms with E-state index in [9.17, 15) is 19.5 Å². The predicted octanol–water partition coefficient (Wildman–Crippen LogP) is 3.09. The summed E-state index contributed by atoms with van der Waals surface area (Å²) in [5.41, 5.74) is 0.0454. The highest BCUT2D eigenvalue weighted by atomic mass is 16.7. The van der Waals surface area contributed by atoms with Gasteiger partial charge in [-0.15, -0.1) is 0 Å². The lowest BCUT2D eigenvalue weighted by molar-refractivity contribution is -0.297. The number of ether oxygens (including phenoxy) is 5. The second-order valence-electron chi connectivity index (χ2n) is 16.6. The van der Waals surface area contributed by atoms with Gasteiger partial charge >= 0.3 is 12.1 Å². The number of nitrogens with one attached hydrogen (secondary N) is 3. The number of fused-ring (bicyclic) bond motifs is 1. The minimum Gasteiger partial charge on any atom is -0.458 e. The Morgan fingerprint density at radius 1 is 1.04 bits per heavy atom. The predicted molar refractivity (Wildman–Crippen MR) is 206 cm³/mol. The lowest BCUT2D eigenvalue weighted by Gasteiger charge is -2.47. The molecule has 3 aliphatic rings. The fourth-order valence-corrected chi connectivity index (χ4v) is 8.44. The number of esters is 1. The van der Waals surface area contributed by atoms with Crippen molar-refractivity contribution < 1.29 is 43.2 Å². The van der Waals surface area contributed by atoms with Crippen molar-refractivity contribution in [3.63, 3.8) is 0 Å². The average Bonchev–Trinajstić information content (AvgIpc) is 3.45. The Morgan fingerprint density at radius 2 is 1.70 bits per heavy atom. The maximum atomic E-state index is 14.3. The number of alkyl carbamates (subject to hydrolysis) is 1. The van der Waals surface area contributed by atoms with Crippen molar-refractivity contribution in [3.8, 4) is 0 Å². The summed E-state index contributed by atoms with van der Waals surface area (Å²) in [7, 11) is 9.44. The molecule has 1 aromatic carbocycles. The third-order valence-electron chi connectivity index (χ3n) is 11.9. The molecule has 0 aromatic heterocycles. The van der Waals surface area contributed by atoms with Crippen LogP contribution in [0.25, 0.3) is 0 Å². The third-order valence-corrected chi connectivity index (χ3v) is 11.9. The molecule has 4 rings (SSSR count). The van der Waals surface area contributed by atoms with E-state index in [1.165, 1.54) is 6.92 Å². The number of cyclic esters (lactones) is 1. The number of Topliss-reactive ketones (excluding diaryl/α,β-unsaturated/α-hetero) is 1. The molecule has 0 spiro atoms. The molecule has 0 radical (unpaired) electrons. The highest BCUT2D eigenvalue weighted by Gasteiger charge is 2.55. The van der Waals surface area contributed by atoms with E-state index in [1.807, 2.05) is 53.9 Å². The fraction of sp³-hybridized carbons (Fsp3) is 0.775. The Bertz CT molecular complexity index is 1410. The van der Waals surface area contributed by atoms with Crippen molar-refractivity contribution in [1.82, 2.24) is 20.9 Å². The van der Waals surface area contributed by atoms with Crippen molar-refractivity contribution in [3.05, 3.63) is 29.8 Å². The number of carbonyl (C=O) groups excluding carboxylic acids is 3. The Balaban J connectivity index is 1.61. The number of benzene rings is 1. The number of amides is 1. The van der Waals surface area contributed by atoms with Gasteiger partial charge in [0.25, 0.3) is 0 Å². The van der Waals surface area contributed by atoms with E-state index in [0.717, 1.165) is 11.3 Å². The molecule has 3 fully saturated rings. The second kappa shape index (κ2) is 18.4. The molecule has 14 nitrogen and oxygen atoms in total. The van der Waals surface area contributed by atoms with E-state index in [0.29, 0.717) is 38.9 Å². The van der Waals surface area contributed by atoms with Crippen molar-refractivity contribution >= 4 is 23.5 Å². The van der Waals surface area contributed by atoms with Crippen molar-refractivity contribution in [2.45, 2.75) is 134 Å². The first-order valence-corrected chi connectivity index (χ1v) is 19.5. The number of anilines is 1. The van der Waals surface area contributed by atoms with Crippen LogP contribution in [0.1, 0.15) is 73.3 Å². The third kappa shape index (κ3) is 9.93. The second-order valence-corrected chi connectivity index (χ2v) is 16.6. The summed E-state index contributed by atoms with van der Waals surface area (Å²) in [4.78, 5) is 44.6. The van der Waals surface area contributed by atoms with E-state index < -0.39 is 71.5 Å². The number of hydrogen-bond acceptors (Lipinski definition) is 13. The maximum Gasteiger partial charge on any atom is 0.408 e. The van der Waals surface area contributed by atoms with E-state index in [-0.39, 0.29) is 24.1 Å². The number of aliphatic hydroxyl groups excluding tert-OH is 1. The maximum absolute atomic E-state index is 14.3. The number of carbonyl (C=O) groups is 3. The summed E-state index contributed by atoms with van der Waals surface area (Å²) in [6, 6.07) is 7.31. The van der Waals surface area contributed by atoms with Crippen LogP contribution < -0.4 is 20.9 Å². The lowest BCUT2D eigenvalue weighted by atomic mass is 9.78. The Kier molecular flexibility index (Phi) is 14.9. The van der Waals surface area contributed by atoms with Gasteiger partial charge in [-0.1, -0.05) is 32.9 Å². The molecule has 4 N–H and O–H groups in total. The van der Waals surface area contributed by atoms with Gasteiger partial charge in [0, 0.05) is 58.0 Å². The summed E-state index contributed by atoms with van der Waals surface area (Å²) in [5, 5.41) is 21.7. The standard InChI is InChI=1S/C40H67N5O9/c1-13-31-40(7)34(43-38(49)54-40)26(5)42-20-23(2)19-39(6,50-12)35(24(3)32(46)25(4)36(48)52-31)53-37-33(47)30(45(10)11)18-29(51-37)22-41-21-27-14-16-28(17-15-27)44(8)9/h14-17,23-26,29-31,33-35,37,41-42,47H,13,18-22H2,1-12H3,(H,43,49)/t23-,24+,25?,26-,29?,30?,31-,33?,34-,35-,37+,39-,40-/m1/s1. The van der Waals surface area contributed by atoms with Crippen molar-refractivity contribution in [2.24, 2.45) is 17.8 Å². The quantitative estimate of drug-likeness (QED) is 0.204. The first-order valence-electron chi connectivity index (χ1n) is 19.5. The summed E-state index contributed by atoms with van der Waals surface area (Å²) in [5.74, 6) is -3.14. The van der Waals surface area contributed by atoms with Crippen LogP contribution in [-0.4, -0.2) is 136 Å². The molecule has 0 bridgehead atoms. The zero-order chi connectivity index (χ0) is 40.1. The smallest absolute Gasteiger partial charge is 0.408 e. The largest absolute Gasteiger partial charge is 0.458 e. The molecular formula is C40H67N5O9. The van der Waals surface area contributed by atoms with Crippen LogP contribution in [0.2, 0.25) is 0 Å². The van der Waals surface area contributed by atoms with Crippen LogP contribution in [-0.2, 0) is 39.8 Å². The number of ketones is 1. The average molecular weight is 762 g/mol. The zero-order valence-corrected chi connectivity index (χ0v) is 34.5. The fourth-order valence-electron chi connectivity index (χ4n) is 8.44. The van der Waals surface area contributed by atoms with Gasteiger partial charge in [-0.2, -0.15) is 0 Å². The van der Waals surface area contributed by atoms with Gasteiger partial charge in [0.2, 0.25) is 0 Å². The molecule has 4 unspecified atom stereocenters. The van der Waals surface area contributed by atoms with Gasteiger partial charge in [0.1, 0.15) is 18.1 Å². The SMILES string of the molecule is CC[C@H]1OC(=O)C(C)C(=O)[C@H](C)[C@@H](O[C@@H]2OC(CNCc3ccc(N(C)C)cc3)CC(N(C)C)C2O)[C@](C)(OC)C[C@@H](C)CN[C@H](C)[C@H]2NC(=O)O[C@@]21C. The Morgan fingerprint density at radius 3 is 2.30 bits per heavy atom. The molecule has 14 heteroatoms. The van der Waals surface area contributed by atoms with E-state index in [1.54, 1.807) is 21.0 Å². The van der Waals surface area contributed by atoms with Gasteiger partial charge < -0.3 is 54.5 Å². The van der Waals surface area contributed by atoms with Crippen molar-refractivity contribution in [1.29, 1.82) is 0 Å². The topological polar surface area (TPSA) is 160 Å². The number of hydrogen-bond donors (Lipinski definition) is 4. The lowest BCUT2D eigenvalue weighted by Crippen LogP contribution is -2.60. The van der Waals surface area contributed by atoms with Crippen molar-refractivity contribution in [2.75, 3.05) is 53.3 Å². The van der Waals surface area contributed by atoms with E-state index >= 15 is 0 Å². The van der Waals surface area contributed by atoms with Crippen LogP contribution in [0.4, 0.5) is 10.5 Å². The van der Waals surface area contributed by atoms with Crippen LogP contribution in [0.3, 0.4) is 0 Å². The normalized spacial score (nSPS) is 38.5. The molecule has 0 aliphatic carbocycles. The summed E-state index contributed by atoms with van der Waals surface area (Å²) in [6.45, 7) is 14.5. The van der Waals surface area contributed by atoms with Crippen LogP contribution >= 0.6 is 0 Å². The van der Waals surface area contributed by atoms with Gasteiger partial charge in [-0.05, 0) is 91.2 Å². The first-order chi connectivity index (χ1) is 25.3. The first kappa shape index (κ1) is 43.9. The minimum absolute atomic E-state index is 0.00736.